The Morgan fingerprint density at radius 2 is 1.52 bits per heavy atom. The molecule has 0 unspecified atom stereocenters. The zero-order valence-electron chi connectivity index (χ0n) is 20.1. The summed E-state index contributed by atoms with van der Waals surface area (Å²) in [5, 5.41) is 18.4. The maximum Gasteiger partial charge on any atom is 0.0594 e. The lowest BCUT2D eigenvalue weighted by Gasteiger charge is -2.63. The first kappa shape index (κ1) is 20.8. The molecule has 0 heterocycles. The van der Waals surface area contributed by atoms with Crippen molar-refractivity contribution in [1.82, 2.24) is 10.6 Å². The summed E-state index contributed by atoms with van der Waals surface area (Å²) in [5.41, 5.74) is 2.14. The topological polar surface area (TPSA) is 44.3 Å². The van der Waals surface area contributed by atoms with E-state index in [1.807, 2.05) is 0 Å². The normalized spacial score (nSPS) is 58.6. The van der Waals surface area contributed by atoms with Gasteiger partial charge in [-0.3, -0.25) is 0 Å². The lowest BCUT2D eigenvalue weighted by Crippen LogP contribution is -2.59. The lowest BCUT2D eigenvalue weighted by molar-refractivity contribution is -0.144. The molecule has 0 aromatic carbocycles. The van der Waals surface area contributed by atoms with Gasteiger partial charge in [0.2, 0.25) is 0 Å². The highest BCUT2D eigenvalue weighted by Gasteiger charge is 2.82. The molecular weight excluding hydrogens is 356 g/mol. The first-order valence-electron chi connectivity index (χ1n) is 12.6. The lowest BCUT2D eigenvalue weighted by atomic mass is 9.42. The smallest absolute Gasteiger partial charge is 0.0594 e. The monoisotopic (exact) mass is 402 g/mol. The molecule has 166 valence electrons. The standard InChI is InChI=1S/C26H46N2O/c1-16(27-6)21-17(29)14-24(5)19-9-8-18-22(2,3)20(28-7)10-11-25(18)15-26(19,25)13-12-23(21,24)4/h16-21,27-29H,8-15H2,1-7H3/t16-,17-,18+,19+,20+,21+,23-,24+,25-,26+/m1/s1. The van der Waals surface area contributed by atoms with Crippen LogP contribution in [0.4, 0.5) is 0 Å². The van der Waals surface area contributed by atoms with E-state index < -0.39 is 0 Å². The van der Waals surface area contributed by atoms with E-state index in [9.17, 15) is 5.11 Å². The molecule has 5 fully saturated rings. The van der Waals surface area contributed by atoms with E-state index in [1.54, 1.807) is 0 Å². The summed E-state index contributed by atoms with van der Waals surface area (Å²) < 4.78 is 0. The van der Waals surface area contributed by atoms with E-state index in [4.69, 9.17) is 0 Å². The number of hydrogen-bond acceptors (Lipinski definition) is 3. The minimum atomic E-state index is -0.147. The third kappa shape index (κ3) is 2.16. The molecule has 0 aromatic heterocycles. The van der Waals surface area contributed by atoms with Gasteiger partial charge >= 0.3 is 0 Å². The first-order chi connectivity index (χ1) is 13.5. The molecule has 3 N–H and O–H groups in total. The van der Waals surface area contributed by atoms with Crippen molar-refractivity contribution < 1.29 is 5.11 Å². The molecule has 3 nitrogen and oxygen atoms in total. The first-order valence-corrected chi connectivity index (χ1v) is 12.6. The Bertz CT molecular complexity index is 692. The molecule has 5 aliphatic rings. The van der Waals surface area contributed by atoms with Crippen LogP contribution >= 0.6 is 0 Å². The molecule has 0 saturated heterocycles. The largest absolute Gasteiger partial charge is 0.393 e. The highest BCUT2D eigenvalue weighted by molar-refractivity contribution is 5.31. The SMILES string of the molecule is CN[C@H]1CC[C@]23C[C@]24CC[C@]2(C)[C@@H]([C@@H](C)NC)[C@H](O)C[C@@]2(C)[C@@H]4CC[C@H]3C1(C)C. The van der Waals surface area contributed by atoms with Gasteiger partial charge in [0.25, 0.3) is 0 Å². The summed E-state index contributed by atoms with van der Waals surface area (Å²) in [6.07, 6.45) is 10.7. The van der Waals surface area contributed by atoms with Gasteiger partial charge in [-0.25, -0.2) is 0 Å². The molecule has 5 rings (SSSR count). The second-order valence-corrected chi connectivity index (χ2v) is 13.1. The minimum Gasteiger partial charge on any atom is -0.393 e. The Labute approximate surface area is 179 Å². The molecule has 0 bridgehead atoms. The summed E-state index contributed by atoms with van der Waals surface area (Å²) in [7, 11) is 4.25. The van der Waals surface area contributed by atoms with E-state index in [-0.39, 0.29) is 11.5 Å². The average Bonchev–Trinajstić information content (AvgIpc) is 3.26. The van der Waals surface area contributed by atoms with Crippen LogP contribution in [-0.2, 0) is 0 Å². The molecule has 0 radical (unpaired) electrons. The van der Waals surface area contributed by atoms with Gasteiger partial charge in [-0.1, -0.05) is 27.7 Å². The summed E-state index contributed by atoms with van der Waals surface area (Å²) in [6, 6.07) is 1.06. The van der Waals surface area contributed by atoms with E-state index >= 15 is 0 Å². The van der Waals surface area contributed by atoms with Gasteiger partial charge in [0, 0.05) is 18.0 Å². The predicted molar refractivity (Wildman–Crippen MR) is 120 cm³/mol. The number of aliphatic hydroxyl groups excluding tert-OH is 1. The fourth-order valence-electron chi connectivity index (χ4n) is 11.1. The van der Waals surface area contributed by atoms with Gasteiger partial charge < -0.3 is 15.7 Å². The molecule has 5 saturated carbocycles. The van der Waals surface area contributed by atoms with Crippen LogP contribution in [0, 0.1) is 44.8 Å². The van der Waals surface area contributed by atoms with E-state index in [0.717, 1.165) is 18.3 Å². The fraction of sp³-hybridized carbons (Fsp3) is 1.00. The van der Waals surface area contributed by atoms with Crippen LogP contribution in [0.5, 0.6) is 0 Å². The zero-order chi connectivity index (χ0) is 21.0. The number of fused-ring (bicyclic) bond motifs is 2. The molecule has 0 aromatic rings. The Morgan fingerprint density at radius 1 is 0.862 bits per heavy atom. The van der Waals surface area contributed by atoms with Crippen LogP contribution in [0.15, 0.2) is 0 Å². The molecule has 3 heteroatoms. The molecule has 29 heavy (non-hydrogen) atoms. The second kappa shape index (κ2) is 6.01. The van der Waals surface area contributed by atoms with Crippen molar-refractivity contribution in [2.24, 2.45) is 44.8 Å². The van der Waals surface area contributed by atoms with Crippen LogP contribution in [0.25, 0.3) is 0 Å². The Hall–Kier alpha value is -0.120. The molecule has 10 atom stereocenters. The van der Waals surface area contributed by atoms with Crippen molar-refractivity contribution in [3.63, 3.8) is 0 Å². The van der Waals surface area contributed by atoms with Crippen molar-refractivity contribution in [1.29, 1.82) is 0 Å². The quantitative estimate of drug-likeness (QED) is 0.647. The fourth-order valence-corrected chi connectivity index (χ4v) is 11.1. The van der Waals surface area contributed by atoms with Crippen molar-refractivity contribution in [3.8, 4) is 0 Å². The highest BCUT2D eigenvalue weighted by atomic mass is 16.3. The van der Waals surface area contributed by atoms with E-state index in [1.165, 1.54) is 44.9 Å². The van der Waals surface area contributed by atoms with E-state index in [0.29, 0.717) is 39.7 Å². The Kier molecular flexibility index (Phi) is 4.31. The van der Waals surface area contributed by atoms with Gasteiger partial charge in [0.1, 0.15) is 0 Å². The van der Waals surface area contributed by atoms with Crippen molar-refractivity contribution in [2.45, 2.75) is 104 Å². The van der Waals surface area contributed by atoms with Gasteiger partial charge in [-0.2, -0.15) is 0 Å². The van der Waals surface area contributed by atoms with Crippen molar-refractivity contribution in [2.75, 3.05) is 14.1 Å². The molecule has 2 spiro atoms. The third-order valence-corrected chi connectivity index (χ3v) is 12.5. The van der Waals surface area contributed by atoms with Crippen LogP contribution in [0.3, 0.4) is 0 Å². The number of rotatable bonds is 3. The summed E-state index contributed by atoms with van der Waals surface area (Å²) >= 11 is 0. The van der Waals surface area contributed by atoms with Crippen LogP contribution in [-0.4, -0.2) is 37.4 Å². The van der Waals surface area contributed by atoms with Crippen LogP contribution < -0.4 is 10.6 Å². The van der Waals surface area contributed by atoms with E-state index in [2.05, 4.69) is 59.3 Å². The summed E-state index contributed by atoms with van der Waals surface area (Å²) in [4.78, 5) is 0. The average molecular weight is 403 g/mol. The maximum absolute atomic E-state index is 11.3. The maximum atomic E-state index is 11.3. The van der Waals surface area contributed by atoms with Gasteiger partial charge in [0.15, 0.2) is 0 Å². The van der Waals surface area contributed by atoms with Gasteiger partial charge in [0.05, 0.1) is 6.10 Å². The second-order valence-electron chi connectivity index (χ2n) is 13.1. The Morgan fingerprint density at radius 3 is 2.17 bits per heavy atom. The van der Waals surface area contributed by atoms with Gasteiger partial charge in [-0.05, 0) is 111 Å². The third-order valence-electron chi connectivity index (χ3n) is 12.5. The molecule has 0 amide bonds. The number of aliphatic hydroxyl groups is 1. The predicted octanol–water partition coefficient (Wildman–Crippen LogP) is 4.59. The van der Waals surface area contributed by atoms with Gasteiger partial charge in [-0.15, -0.1) is 0 Å². The highest BCUT2D eigenvalue weighted by Crippen LogP contribution is 2.88. The number of hydrogen-bond donors (Lipinski definition) is 3. The zero-order valence-corrected chi connectivity index (χ0v) is 20.1. The van der Waals surface area contributed by atoms with Crippen molar-refractivity contribution >= 4 is 0 Å². The number of nitrogens with one attached hydrogen (secondary N) is 2. The Balaban J connectivity index is 1.52. The van der Waals surface area contributed by atoms with Crippen LogP contribution in [0.2, 0.25) is 0 Å². The summed E-state index contributed by atoms with van der Waals surface area (Å²) in [5.74, 6) is 2.08. The van der Waals surface area contributed by atoms with Crippen molar-refractivity contribution in [3.05, 3.63) is 0 Å². The minimum absolute atomic E-state index is 0.147. The summed E-state index contributed by atoms with van der Waals surface area (Å²) in [6.45, 7) is 12.6. The molecule has 5 aliphatic carbocycles. The van der Waals surface area contributed by atoms with Crippen LogP contribution in [0.1, 0.15) is 86.0 Å². The molecular formula is C26H46N2O. The molecule has 0 aliphatic heterocycles.